The van der Waals surface area contributed by atoms with E-state index in [1.807, 2.05) is 42.0 Å². The summed E-state index contributed by atoms with van der Waals surface area (Å²) in [4.78, 5) is 16.9. The Morgan fingerprint density at radius 1 is 1.09 bits per heavy atom. The third-order valence-corrected chi connectivity index (χ3v) is 8.62. The third kappa shape index (κ3) is 7.25. The average Bonchev–Trinajstić information content (AvgIpc) is 3.33. The Balaban J connectivity index is 1.44. The van der Waals surface area contributed by atoms with Gasteiger partial charge in [0, 0.05) is 59.1 Å². The largest absolute Gasteiger partial charge is 0.496 e. The number of hydrogen-bond acceptors (Lipinski definition) is 6. The van der Waals surface area contributed by atoms with E-state index < -0.39 is 33.4 Å². The Kier molecular flexibility index (Phi) is 9.33. The third-order valence-electron chi connectivity index (χ3n) is 7.23. The molecule has 236 valence electrons. The number of amides is 2. The fraction of sp³-hybridized carbons (Fsp3) is 0.375. The van der Waals surface area contributed by atoms with Gasteiger partial charge in [-0.1, -0.05) is 25.1 Å². The molecule has 2 aromatic carbocycles. The van der Waals surface area contributed by atoms with Gasteiger partial charge < -0.3 is 34.1 Å². The van der Waals surface area contributed by atoms with Gasteiger partial charge in [0.25, 0.3) is 0 Å². The van der Waals surface area contributed by atoms with Crippen molar-refractivity contribution in [2.75, 3.05) is 63.3 Å². The molecule has 0 saturated carbocycles. The van der Waals surface area contributed by atoms with E-state index in [9.17, 15) is 4.79 Å². The number of para-hydroxylation sites is 1. The highest BCUT2D eigenvalue weighted by atomic mass is 32.3. The second-order valence-electron chi connectivity index (χ2n) is 12.0. The first-order valence-electron chi connectivity index (χ1n) is 14.1. The van der Waals surface area contributed by atoms with Gasteiger partial charge in [-0.05, 0) is 30.9 Å². The number of hydrogen-bond donors (Lipinski definition) is 2. The number of aromatic nitrogens is 2. The van der Waals surface area contributed by atoms with Crippen LogP contribution in [0, 0.1) is 17.0 Å². The summed E-state index contributed by atoms with van der Waals surface area (Å²) in [5, 5.41) is 5.73. The normalized spacial score (nSPS) is 14.6. The number of carbonyl (C=O) groups excluding carboxylic acids is 1. The maximum absolute atomic E-state index is 15.3. The quantitative estimate of drug-likeness (QED) is 0.172. The van der Waals surface area contributed by atoms with Crippen LogP contribution in [0.1, 0.15) is 6.92 Å². The fourth-order valence-corrected chi connectivity index (χ4v) is 5.39. The van der Waals surface area contributed by atoms with Crippen molar-refractivity contribution in [3.63, 3.8) is 0 Å². The summed E-state index contributed by atoms with van der Waals surface area (Å²) >= 11 is 0. The van der Waals surface area contributed by atoms with Gasteiger partial charge in [0.05, 0.1) is 32.3 Å². The molecule has 2 aromatic heterocycles. The van der Waals surface area contributed by atoms with E-state index >= 15 is 8.78 Å². The average molecular weight is 629 g/mol. The molecule has 5 rings (SSSR count). The highest BCUT2D eigenvalue weighted by Crippen LogP contribution is 2.42. The molecule has 0 radical (unpaired) electrons. The van der Waals surface area contributed by atoms with Gasteiger partial charge >= 0.3 is 6.03 Å². The van der Waals surface area contributed by atoms with Crippen LogP contribution in [0.2, 0.25) is 0 Å². The molecule has 44 heavy (non-hydrogen) atoms. The minimum atomic E-state index is -0.976. The van der Waals surface area contributed by atoms with Crippen molar-refractivity contribution in [3.8, 4) is 28.4 Å². The van der Waals surface area contributed by atoms with Crippen molar-refractivity contribution in [2.45, 2.75) is 13.7 Å². The van der Waals surface area contributed by atoms with Gasteiger partial charge in [-0.25, -0.2) is 28.6 Å². The molecule has 0 bridgehead atoms. The molecular weight excluding hydrogens is 590 g/mol. The van der Waals surface area contributed by atoms with E-state index in [0.717, 1.165) is 23.4 Å². The van der Waals surface area contributed by atoms with Crippen LogP contribution in [0.4, 0.5) is 19.3 Å². The van der Waals surface area contributed by atoms with Gasteiger partial charge in [-0.2, -0.15) is 0 Å². The first-order valence-corrected chi connectivity index (χ1v) is 17.1. The fourth-order valence-electron chi connectivity index (χ4n) is 4.77. The number of fused-ring (bicyclic) bond motifs is 1. The van der Waals surface area contributed by atoms with E-state index in [1.54, 1.807) is 13.2 Å². The lowest BCUT2D eigenvalue weighted by Gasteiger charge is -2.37. The zero-order chi connectivity index (χ0) is 31.5. The van der Waals surface area contributed by atoms with E-state index in [-0.39, 0.29) is 23.6 Å². The first-order chi connectivity index (χ1) is 21.0. The van der Waals surface area contributed by atoms with Gasteiger partial charge in [0.15, 0.2) is 17.4 Å². The Morgan fingerprint density at radius 2 is 1.82 bits per heavy atom. The molecule has 12 heteroatoms. The molecule has 4 aromatic rings. The van der Waals surface area contributed by atoms with Crippen molar-refractivity contribution >= 4 is 32.8 Å². The molecule has 0 spiro atoms. The maximum atomic E-state index is 15.3. The van der Waals surface area contributed by atoms with Gasteiger partial charge in [-0.3, -0.25) is 0 Å². The molecule has 0 atom stereocenters. The zero-order valence-electron chi connectivity index (χ0n) is 25.5. The molecule has 2 amide bonds. The Morgan fingerprint density at radius 3 is 2.48 bits per heavy atom. The summed E-state index contributed by atoms with van der Waals surface area (Å²) in [6.45, 7) is 4.25. The molecule has 1 aliphatic heterocycles. The standard InChI is InChI=1S/C32H38F2N4O5S/c1-32(18-42-19-32)17-36-31(39)37-21-14-24(33)29(25(34)15-21)43-27-10-11-35-30-28(27)23(22-8-6-7-9-26(22)40-2)16-38(30)20-41-12-13-44(3,4)5/h6-11,14-16H,12-13,17-20H2,1-5H3,(H2,36,37,39). The van der Waals surface area contributed by atoms with Crippen molar-refractivity contribution in [1.82, 2.24) is 14.9 Å². The molecule has 2 N–H and O–H groups in total. The molecule has 0 aliphatic carbocycles. The number of anilines is 1. The molecule has 0 unspecified atom stereocenters. The van der Waals surface area contributed by atoms with Crippen molar-refractivity contribution in [3.05, 3.63) is 66.5 Å². The summed E-state index contributed by atoms with van der Waals surface area (Å²) < 4.78 is 55.2. The molecule has 1 saturated heterocycles. The number of urea groups is 1. The summed E-state index contributed by atoms with van der Waals surface area (Å²) in [5.74, 6) is -0.797. The van der Waals surface area contributed by atoms with Crippen molar-refractivity contribution in [2.24, 2.45) is 5.41 Å². The SMILES string of the molecule is COc1ccccc1-c1cn(COCCS(C)(C)C)c2nccc(Oc3c(F)cc(NC(=O)NCC4(C)COC4)cc3F)c12. The van der Waals surface area contributed by atoms with Crippen LogP contribution in [0.25, 0.3) is 22.2 Å². The topological polar surface area (TPSA) is 95.9 Å². The van der Waals surface area contributed by atoms with Crippen LogP contribution in [0.15, 0.2) is 54.9 Å². The van der Waals surface area contributed by atoms with Crippen LogP contribution in [-0.2, 0) is 16.2 Å². The van der Waals surface area contributed by atoms with Gasteiger partial charge in [0.2, 0.25) is 0 Å². The Hall–Kier alpha value is -3.87. The van der Waals surface area contributed by atoms with Crippen LogP contribution in [-0.4, -0.2) is 73.6 Å². The second kappa shape index (κ2) is 13.0. The lowest BCUT2D eigenvalue weighted by atomic mass is 9.89. The smallest absolute Gasteiger partial charge is 0.319 e. The monoisotopic (exact) mass is 628 g/mol. The number of methoxy groups -OCH3 is 1. The minimum Gasteiger partial charge on any atom is -0.496 e. The number of rotatable bonds is 12. The Labute approximate surface area is 257 Å². The zero-order valence-corrected chi connectivity index (χ0v) is 26.4. The van der Waals surface area contributed by atoms with E-state index in [2.05, 4.69) is 34.4 Å². The number of carbonyl (C=O) groups is 1. The molecular formula is C32H38F2N4O5S. The van der Waals surface area contributed by atoms with Crippen LogP contribution in [0.5, 0.6) is 17.2 Å². The maximum Gasteiger partial charge on any atom is 0.319 e. The lowest BCUT2D eigenvalue weighted by molar-refractivity contribution is -0.0974. The molecule has 9 nitrogen and oxygen atoms in total. The number of pyridine rings is 1. The summed E-state index contributed by atoms with van der Waals surface area (Å²) in [6.07, 6.45) is 10.1. The van der Waals surface area contributed by atoms with Crippen molar-refractivity contribution in [1.29, 1.82) is 0 Å². The lowest BCUT2D eigenvalue weighted by Crippen LogP contribution is -2.49. The number of benzene rings is 2. The number of halogens is 2. The highest BCUT2D eigenvalue weighted by Gasteiger charge is 2.33. The highest BCUT2D eigenvalue weighted by molar-refractivity contribution is 8.32. The minimum absolute atomic E-state index is 0.0464. The van der Waals surface area contributed by atoms with E-state index in [1.165, 1.54) is 6.20 Å². The molecule has 1 aliphatic rings. The van der Waals surface area contributed by atoms with Crippen LogP contribution < -0.4 is 20.1 Å². The summed E-state index contributed by atoms with van der Waals surface area (Å²) in [5.41, 5.74) is 1.78. The molecule has 3 heterocycles. The van der Waals surface area contributed by atoms with E-state index in [0.29, 0.717) is 48.7 Å². The Bertz CT molecular complexity index is 1630. The van der Waals surface area contributed by atoms with Crippen LogP contribution >= 0.6 is 10.0 Å². The van der Waals surface area contributed by atoms with Gasteiger partial charge in [0.1, 0.15) is 23.9 Å². The van der Waals surface area contributed by atoms with E-state index in [4.69, 9.17) is 18.9 Å². The number of ether oxygens (including phenoxy) is 4. The summed E-state index contributed by atoms with van der Waals surface area (Å²) in [7, 11) is 0.854. The first kappa shape index (κ1) is 31.6. The predicted molar refractivity (Wildman–Crippen MR) is 170 cm³/mol. The van der Waals surface area contributed by atoms with Crippen LogP contribution in [0.3, 0.4) is 0 Å². The number of nitrogens with one attached hydrogen (secondary N) is 2. The predicted octanol–water partition coefficient (Wildman–Crippen LogP) is 6.61. The molecule has 1 fully saturated rings. The van der Waals surface area contributed by atoms with Crippen molar-refractivity contribution < 1.29 is 32.5 Å². The van der Waals surface area contributed by atoms with Gasteiger partial charge in [-0.15, -0.1) is 0 Å². The summed E-state index contributed by atoms with van der Waals surface area (Å²) in [6, 6.07) is 10.5. The number of nitrogens with zero attached hydrogens (tertiary/aromatic N) is 2. The second-order valence-corrected chi connectivity index (χ2v) is 16.6.